The van der Waals surface area contributed by atoms with Crippen LogP contribution in [0.2, 0.25) is 0 Å². The average Bonchev–Trinajstić information content (AvgIpc) is 3.30. The molecule has 8 nitrogen and oxygen atoms in total. The van der Waals surface area contributed by atoms with E-state index in [4.69, 9.17) is 14.7 Å². The van der Waals surface area contributed by atoms with E-state index in [9.17, 15) is 13.2 Å². The number of imidazole rings is 1. The molecule has 1 N–H and O–H groups in total. The van der Waals surface area contributed by atoms with E-state index in [0.29, 0.717) is 30.9 Å². The number of hydrogen-bond donors (Lipinski definition) is 1. The second-order valence-electron chi connectivity index (χ2n) is 10.8. The van der Waals surface area contributed by atoms with E-state index in [1.165, 1.54) is 6.07 Å². The third-order valence-electron chi connectivity index (χ3n) is 7.29. The summed E-state index contributed by atoms with van der Waals surface area (Å²) >= 11 is 0. The number of hydrogen-bond acceptors (Lipinski definition) is 6. The van der Waals surface area contributed by atoms with Gasteiger partial charge in [0, 0.05) is 24.1 Å². The second-order valence-corrected chi connectivity index (χ2v) is 12.4. The van der Waals surface area contributed by atoms with E-state index in [1.807, 2.05) is 44.2 Å². The van der Waals surface area contributed by atoms with Gasteiger partial charge in [-0.1, -0.05) is 64.3 Å². The highest BCUT2D eigenvalue weighted by atomic mass is 32.2. The number of aryl methyl sites for hydroxylation is 3. The molecular formula is C33H42N4O4S. The van der Waals surface area contributed by atoms with Crippen LogP contribution >= 0.6 is 0 Å². The smallest absolute Gasteiger partial charge is 0.264 e. The van der Waals surface area contributed by atoms with Gasteiger partial charge in [0.05, 0.1) is 18.0 Å². The van der Waals surface area contributed by atoms with Crippen molar-refractivity contribution in [1.29, 1.82) is 0 Å². The quantitative estimate of drug-likeness (QED) is 0.160. The van der Waals surface area contributed by atoms with Crippen LogP contribution in [-0.4, -0.2) is 35.5 Å². The van der Waals surface area contributed by atoms with Gasteiger partial charge in [0.25, 0.3) is 10.0 Å². The largest absolute Gasteiger partial charge is 0.494 e. The van der Waals surface area contributed by atoms with Gasteiger partial charge in [0.15, 0.2) is 5.65 Å². The molecule has 0 aliphatic heterocycles. The van der Waals surface area contributed by atoms with E-state index < -0.39 is 15.9 Å². The Morgan fingerprint density at radius 2 is 1.67 bits per heavy atom. The normalized spacial score (nSPS) is 11.6. The summed E-state index contributed by atoms with van der Waals surface area (Å²) in [5.74, 6) is 1.06. The molecule has 0 bridgehead atoms. The van der Waals surface area contributed by atoms with Crippen molar-refractivity contribution in [1.82, 2.24) is 19.3 Å². The number of ether oxygens (including phenoxy) is 1. The fourth-order valence-corrected chi connectivity index (χ4v) is 6.27. The molecule has 0 radical (unpaired) electrons. The minimum Gasteiger partial charge on any atom is -0.494 e. The summed E-state index contributed by atoms with van der Waals surface area (Å²) in [7, 11) is -4.09. The van der Waals surface area contributed by atoms with Crippen LogP contribution in [0.4, 0.5) is 0 Å². The number of nitrogens with zero attached hydrogens (tertiary/aromatic N) is 3. The summed E-state index contributed by atoms with van der Waals surface area (Å²) in [5.41, 5.74) is 6.08. The molecule has 0 aliphatic carbocycles. The number of amides is 1. The van der Waals surface area contributed by atoms with Gasteiger partial charge < -0.3 is 9.30 Å². The first-order valence-corrected chi connectivity index (χ1v) is 16.4. The van der Waals surface area contributed by atoms with Crippen LogP contribution in [0.25, 0.3) is 22.3 Å². The predicted octanol–water partition coefficient (Wildman–Crippen LogP) is 6.89. The first kappa shape index (κ1) is 31.2. The van der Waals surface area contributed by atoms with Crippen molar-refractivity contribution >= 4 is 27.1 Å². The van der Waals surface area contributed by atoms with E-state index in [0.717, 1.165) is 71.5 Å². The number of fused-ring (bicyclic) bond motifs is 1. The van der Waals surface area contributed by atoms with Crippen LogP contribution in [-0.2, 0) is 27.8 Å². The van der Waals surface area contributed by atoms with Crippen molar-refractivity contribution in [2.45, 2.75) is 91.0 Å². The number of pyridine rings is 1. The van der Waals surface area contributed by atoms with Crippen molar-refractivity contribution in [3.05, 3.63) is 71.2 Å². The second kappa shape index (κ2) is 14.0. The molecule has 2 aromatic carbocycles. The Bertz CT molecular complexity index is 1640. The molecule has 0 atom stereocenters. The van der Waals surface area contributed by atoms with Crippen LogP contribution in [0.5, 0.6) is 5.75 Å². The Morgan fingerprint density at radius 3 is 2.36 bits per heavy atom. The summed E-state index contributed by atoms with van der Waals surface area (Å²) in [6.07, 6.45) is 5.32. The molecule has 42 heavy (non-hydrogen) atoms. The van der Waals surface area contributed by atoms with Crippen LogP contribution in [0.3, 0.4) is 0 Å². The van der Waals surface area contributed by atoms with E-state index in [1.54, 1.807) is 12.1 Å². The molecule has 9 heteroatoms. The molecular weight excluding hydrogens is 548 g/mol. The number of carbonyl (C=O) groups is 1. The fourth-order valence-electron chi connectivity index (χ4n) is 5.04. The number of unbranched alkanes of at least 4 members (excludes halogenated alkanes) is 3. The standard InChI is InChI=1S/C33H42N4O4S/c1-6-9-11-12-31(38)36-42(39,40)29-18-17-27(41-19-10-7-2)21-28(29)26-15-13-25(14-16-26)22-37-30(8-3)35-32-23(4)20-24(5)34-33(32)37/h13-18,20-21H,6-12,19,22H2,1-5H3,(H,36,38). The van der Waals surface area contributed by atoms with Crippen molar-refractivity contribution in [3.63, 3.8) is 0 Å². The number of rotatable bonds is 14. The maximum atomic E-state index is 13.4. The lowest BCUT2D eigenvalue weighted by Gasteiger charge is -2.15. The van der Waals surface area contributed by atoms with E-state index in [-0.39, 0.29) is 11.3 Å². The predicted molar refractivity (Wildman–Crippen MR) is 167 cm³/mol. The van der Waals surface area contributed by atoms with Gasteiger partial charge >= 0.3 is 0 Å². The third-order valence-corrected chi connectivity index (χ3v) is 8.72. The maximum absolute atomic E-state index is 13.4. The fraction of sp³-hybridized carbons (Fsp3) is 0.424. The van der Waals surface area contributed by atoms with Gasteiger partial charge in [0.2, 0.25) is 5.91 Å². The molecule has 4 aromatic rings. The average molecular weight is 591 g/mol. The Hall–Kier alpha value is -3.72. The van der Waals surface area contributed by atoms with Gasteiger partial charge in [-0.05, 0) is 67.6 Å². The SMILES string of the molecule is CCCCCC(=O)NS(=O)(=O)c1ccc(OCCCC)cc1-c1ccc(Cn2c(CC)nc3c(C)cc(C)nc32)cc1. The molecule has 0 fully saturated rings. The lowest BCUT2D eigenvalue weighted by Crippen LogP contribution is -2.30. The first-order chi connectivity index (χ1) is 20.2. The number of sulfonamides is 1. The van der Waals surface area contributed by atoms with E-state index >= 15 is 0 Å². The minimum atomic E-state index is -4.09. The minimum absolute atomic E-state index is 0.0472. The third kappa shape index (κ3) is 7.37. The monoisotopic (exact) mass is 590 g/mol. The van der Waals surface area contributed by atoms with Gasteiger partial charge in [0.1, 0.15) is 17.1 Å². The lowest BCUT2D eigenvalue weighted by atomic mass is 10.0. The molecule has 2 heterocycles. The van der Waals surface area contributed by atoms with Gasteiger partial charge in [-0.25, -0.2) is 23.1 Å². The molecule has 0 spiro atoms. The Morgan fingerprint density at radius 1 is 0.929 bits per heavy atom. The van der Waals surface area contributed by atoms with Crippen LogP contribution in [0.1, 0.15) is 81.9 Å². The zero-order valence-corrected chi connectivity index (χ0v) is 26.2. The Labute approximate surface area is 249 Å². The van der Waals surface area contributed by atoms with Crippen molar-refractivity contribution in [2.75, 3.05) is 6.61 Å². The molecule has 224 valence electrons. The van der Waals surface area contributed by atoms with E-state index in [2.05, 4.69) is 30.1 Å². The summed E-state index contributed by atoms with van der Waals surface area (Å²) < 4.78 is 37.1. The van der Waals surface area contributed by atoms with Crippen molar-refractivity contribution in [2.24, 2.45) is 0 Å². The van der Waals surface area contributed by atoms with Gasteiger partial charge in [-0.3, -0.25) is 4.79 Å². The summed E-state index contributed by atoms with van der Waals surface area (Å²) in [5, 5.41) is 0. The molecule has 0 saturated heterocycles. The lowest BCUT2D eigenvalue weighted by molar-refractivity contribution is -0.119. The maximum Gasteiger partial charge on any atom is 0.264 e. The number of carbonyl (C=O) groups excluding carboxylic acids is 1. The Balaban J connectivity index is 1.67. The van der Waals surface area contributed by atoms with Crippen molar-refractivity contribution < 1.29 is 17.9 Å². The molecule has 2 aromatic heterocycles. The molecule has 0 aliphatic rings. The summed E-state index contributed by atoms with van der Waals surface area (Å²) in [6.45, 7) is 11.4. The van der Waals surface area contributed by atoms with Gasteiger partial charge in [-0.15, -0.1) is 0 Å². The highest BCUT2D eigenvalue weighted by molar-refractivity contribution is 7.90. The number of nitrogens with one attached hydrogen (secondary N) is 1. The zero-order valence-electron chi connectivity index (χ0n) is 25.4. The highest BCUT2D eigenvalue weighted by Crippen LogP contribution is 2.32. The van der Waals surface area contributed by atoms with Crippen molar-refractivity contribution in [3.8, 4) is 16.9 Å². The zero-order chi connectivity index (χ0) is 30.3. The topological polar surface area (TPSA) is 103 Å². The number of aromatic nitrogens is 3. The first-order valence-electron chi connectivity index (χ1n) is 14.9. The van der Waals surface area contributed by atoms with Crippen LogP contribution in [0.15, 0.2) is 53.4 Å². The highest BCUT2D eigenvalue weighted by Gasteiger charge is 2.23. The Kier molecular flexibility index (Phi) is 10.4. The summed E-state index contributed by atoms with van der Waals surface area (Å²) in [4.78, 5) is 22.1. The molecule has 0 saturated carbocycles. The van der Waals surface area contributed by atoms with Crippen LogP contribution in [0, 0.1) is 13.8 Å². The van der Waals surface area contributed by atoms with Crippen LogP contribution < -0.4 is 9.46 Å². The number of benzene rings is 2. The summed E-state index contributed by atoms with van der Waals surface area (Å²) in [6, 6.07) is 14.8. The molecule has 1 amide bonds. The van der Waals surface area contributed by atoms with Gasteiger partial charge in [-0.2, -0.15) is 0 Å². The molecule has 4 rings (SSSR count). The molecule has 0 unspecified atom stereocenters.